The molecule has 8 nitrogen and oxygen atoms in total. The van der Waals surface area contributed by atoms with Crippen molar-refractivity contribution >= 4 is 52.5 Å². The second kappa shape index (κ2) is 13.7. The van der Waals surface area contributed by atoms with Gasteiger partial charge in [0.25, 0.3) is 5.91 Å². The zero-order chi connectivity index (χ0) is 32.2. The zero-order valence-corrected chi connectivity index (χ0v) is 24.0. The molecule has 15 heteroatoms. The van der Waals surface area contributed by atoms with E-state index in [0.29, 0.717) is 12.8 Å². The Labute approximate surface area is 257 Å². The van der Waals surface area contributed by atoms with Crippen LogP contribution in [-0.4, -0.2) is 35.4 Å². The molecule has 0 unspecified atom stereocenters. The van der Waals surface area contributed by atoms with Crippen molar-refractivity contribution in [1.82, 2.24) is 5.32 Å². The second-order valence-corrected chi connectivity index (χ2v) is 10.8. The summed E-state index contributed by atoms with van der Waals surface area (Å²) in [6, 6.07) is 6.31. The normalized spacial score (nSPS) is 14.4. The predicted octanol–water partition coefficient (Wildman–Crippen LogP) is 8.24. The highest BCUT2D eigenvalue weighted by atomic mass is 35.5. The number of anilines is 2. The fourth-order valence-electron chi connectivity index (χ4n) is 4.90. The number of urea groups is 1. The molecule has 1 aliphatic carbocycles. The average molecular weight is 660 g/mol. The topological polar surface area (TPSA) is 117 Å². The first-order valence-electron chi connectivity index (χ1n) is 13.2. The number of carbonyl (C=O) groups is 3. The SMILES string of the molecule is O=C(Nc1cc(-c2ccc(F)c(F)c2)ccc1C(=O)N[C@H](C(=O)O)C1CCCCC1)Nc1c(Cl)cc(OC(F)(F)F)cc1Cl. The number of rotatable bonds is 8. The van der Waals surface area contributed by atoms with Gasteiger partial charge in [-0.15, -0.1) is 13.2 Å². The molecule has 4 rings (SSSR count). The highest BCUT2D eigenvalue weighted by Gasteiger charge is 2.33. The quantitative estimate of drug-likeness (QED) is 0.182. The lowest BCUT2D eigenvalue weighted by Crippen LogP contribution is -2.46. The molecule has 3 aromatic carbocycles. The van der Waals surface area contributed by atoms with E-state index in [9.17, 15) is 41.4 Å². The first-order chi connectivity index (χ1) is 20.7. The Hall–Kier alpha value is -4.10. The van der Waals surface area contributed by atoms with Gasteiger partial charge in [-0.3, -0.25) is 4.79 Å². The number of carbonyl (C=O) groups excluding carboxylic acids is 2. The average Bonchev–Trinajstić information content (AvgIpc) is 2.94. The molecule has 3 amide bonds. The van der Waals surface area contributed by atoms with Gasteiger partial charge in [-0.2, -0.15) is 0 Å². The van der Waals surface area contributed by atoms with Gasteiger partial charge >= 0.3 is 18.4 Å². The van der Waals surface area contributed by atoms with Gasteiger partial charge in [0.2, 0.25) is 0 Å². The first-order valence-corrected chi connectivity index (χ1v) is 13.9. The molecule has 4 N–H and O–H groups in total. The molecule has 44 heavy (non-hydrogen) atoms. The molecule has 0 saturated heterocycles. The molecule has 0 aliphatic heterocycles. The van der Waals surface area contributed by atoms with E-state index in [1.54, 1.807) is 0 Å². The third-order valence-electron chi connectivity index (χ3n) is 6.93. The minimum absolute atomic E-state index is 0.167. The van der Waals surface area contributed by atoms with Gasteiger partial charge in [-0.25, -0.2) is 18.4 Å². The molecular weight excluding hydrogens is 636 g/mol. The summed E-state index contributed by atoms with van der Waals surface area (Å²) in [5.41, 5.74) is -0.177. The van der Waals surface area contributed by atoms with Crippen molar-refractivity contribution in [3.05, 3.63) is 75.8 Å². The number of hydrogen-bond acceptors (Lipinski definition) is 4. The summed E-state index contributed by atoms with van der Waals surface area (Å²) in [5.74, 6) is -5.33. The van der Waals surface area contributed by atoms with Gasteiger partial charge in [-0.1, -0.05) is 54.6 Å². The molecule has 0 heterocycles. The standard InChI is InChI=1S/C29H24Cl2F5N3O5/c30-19-12-17(44-29(34,35)36)13-20(31)25(19)39-28(43)37-23-11-16(15-7-9-21(32)22(33)10-15)6-8-18(23)26(40)38-24(27(41)42)14-4-2-1-3-5-14/h6-14,24H,1-5H2,(H,38,40)(H,41,42)(H2,37,39,43)/t24-/m0/s1. The number of hydrogen-bond donors (Lipinski definition) is 4. The molecule has 1 atom stereocenters. The lowest BCUT2D eigenvalue weighted by molar-refractivity contribution is -0.274. The molecule has 1 saturated carbocycles. The lowest BCUT2D eigenvalue weighted by atomic mass is 9.83. The largest absolute Gasteiger partial charge is 0.573 e. The van der Waals surface area contributed by atoms with Crippen molar-refractivity contribution in [3.8, 4) is 16.9 Å². The molecule has 1 aliphatic rings. The summed E-state index contributed by atoms with van der Waals surface area (Å²) in [5, 5.41) is 16.2. The third kappa shape index (κ3) is 8.29. The summed E-state index contributed by atoms with van der Waals surface area (Å²) in [6.45, 7) is 0. The summed E-state index contributed by atoms with van der Waals surface area (Å²) in [7, 11) is 0. The van der Waals surface area contributed by atoms with Gasteiger partial charge in [-0.05, 0) is 54.2 Å². The van der Waals surface area contributed by atoms with Gasteiger partial charge in [0.05, 0.1) is 27.0 Å². The molecule has 1 fully saturated rings. The number of carboxylic acids is 1. The van der Waals surface area contributed by atoms with Crippen LogP contribution in [0, 0.1) is 17.6 Å². The number of ether oxygens (including phenoxy) is 1. The maximum absolute atomic E-state index is 13.9. The van der Waals surface area contributed by atoms with Crippen molar-refractivity contribution in [2.24, 2.45) is 5.92 Å². The van der Waals surface area contributed by atoms with Crippen molar-refractivity contribution in [1.29, 1.82) is 0 Å². The summed E-state index contributed by atoms with van der Waals surface area (Å²) >= 11 is 12.1. The molecule has 0 bridgehead atoms. The molecule has 0 spiro atoms. The van der Waals surface area contributed by atoms with Crippen LogP contribution in [0.2, 0.25) is 10.0 Å². The Bertz CT molecular complexity index is 1560. The van der Waals surface area contributed by atoms with Crippen LogP contribution >= 0.6 is 23.2 Å². The Kier molecular flexibility index (Phi) is 10.2. The van der Waals surface area contributed by atoms with Crippen molar-refractivity contribution in [2.45, 2.75) is 44.5 Å². The fourth-order valence-corrected chi connectivity index (χ4v) is 5.46. The van der Waals surface area contributed by atoms with Crippen LogP contribution < -0.4 is 20.7 Å². The summed E-state index contributed by atoms with van der Waals surface area (Å²) in [4.78, 5) is 38.4. The van der Waals surface area contributed by atoms with E-state index >= 15 is 0 Å². The van der Waals surface area contributed by atoms with Crippen LogP contribution in [0.3, 0.4) is 0 Å². The summed E-state index contributed by atoms with van der Waals surface area (Å²) < 4.78 is 69.0. The van der Waals surface area contributed by atoms with Crippen LogP contribution in [0.15, 0.2) is 48.5 Å². The number of benzene rings is 3. The zero-order valence-electron chi connectivity index (χ0n) is 22.5. The van der Waals surface area contributed by atoms with Gasteiger partial charge < -0.3 is 25.8 Å². The van der Waals surface area contributed by atoms with E-state index in [-0.39, 0.29) is 34.0 Å². The molecular formula is C29H24Cl2F5N3O5. The molecule has 3 aromatic rings. The Morgan fingerprint density at radius 2 is 1.48 bits per heavy atom. The van der Waals surface area contributed by atoms with E-state index in [4.69, 9.17) is 23.2 Å². The maximum Gasteiger partial charge on any atom is 0.573 e. The third-order valence-corrected chi connectivity index (χ3v) is 7.52. The number of amides is 3. The van der Waals surface area contributed by atoms with Gasteiger partial charge in [0.1, 0.15) is 11.8 Å². The molecule has 0 aromatic heterocycles. The maximum atomic E-state index is 13.9. The van der Waals surface area contributed by atoms with E-state index in [1.165, 1.54) is 24.3 Å². The van der Waals surface area contributed by atoms with Crippen LogP contribution in [0.4, 0.5) is 38.1 Å². The van der Waals surface area contributed by atoms with E-state index in [2.05, 4.69) is 20.7 Å². The molecule has 234 valence electrons. The van der Waals surface area contributed by atoms with E-state index in [0.717, 1.165) is 43.5 Å². The number of nitrogens with one attached hydrogen (secondary N) is 3. The smallest absolute Gasteiger partial charge is 0.480 e. The van der Waals surface area contributed by atoms with Crippen LogP contribution in [0.1, 0.15) is 42.5 Å². The summed E-state index contributed by atoms with van der Waals surface area (Å²) in [6.07, 6.45) is -1.23. The van der Waals surface area contributed by atoms with Crippen molar-refractivity contribution < 1.29 is 46.2 Å². The van der Waals surface area contributed by atoms with Crippen LogP contribution in [0.5, 0.6) is 5.75 Å². The highest BCUT2D eigenvalue weighted by Crippen LogP contribution is 2.37. The fraction of sp³-hybridized carbons (Fsp3) is 0.276. The number of aliphatic carboxylic acids is 1. The van der Waals surface area contributed by atoms with Crippen LogP contribution in [0.25, 0.3) is 11.1 Å². The van der Waals surface area contributed by atoms with Gasteiger partial charge in [0, 0.05) is 12.1 Å². The van der Waals surface area contributed by atoms with E-state index < -0.39 is 57.7 Å². The minimum Gasteiger partial charge on any atom is -0.480 e. The first kappa shape index (κ1) is 32.8. The van der Waals surface area contributed by atoms with Crippen molar-refractivity contribution in [2.75, 3.05) is 10.6 Å². The van der Waals surface area contributed by atoms with E-state index in [1.807, 2.05) is 0 Å². The number of alkyl halides is 3. The molecule has 0 radical (unpaired) electrons. The number of halogens is 7. The monoisotopic (exact) mass is 659 g/mol. The Balaban J connectivity index is 1.64. The van der Waals surface area contributed by atoms with Gasteiger partial charge in [0.15, 0.2) is 11.6 Å². The Morgan fingerprint density at radius 1 is 0.864 bits per heavy atom. The number of carboxylic acid groups (broad SMARTS) is 1. The highest BCUT2D eigenvalue weighted by molar-refractivity contribution is 6.40. The second-order valence-electron chi connectivity index (χ2n) is 9.97. The minimum atomic E-state index is -5.02. The Morgan fingerprint density at radius 3 is 2.07 bits per heavy atom. The lowest BCUT2D eigenvalue weighted by Gasteiger charge is -2.28. The predicted molar refractivity (Wildman–Crippen MR) is 153 cm³/mol. The van der Waals surface area contributed by atoms with Crippen molar-refractivity contribution in [3.63, 3.8) is 0 Å². The van der Waals surface area contributed by atoms with Crippen LogP contribution in [-0.2, 0) is 4.79 Å².